The minimum absolute atomic E-state index is 0.0623. The summed E-state index contributed by atoms with van der Waals surface area (Å²) >= 11 is 0. The molecule has 19 heavy (non-hydrogen) atoms. The Bertz CT molecular complexity index is 419. The standard InChI is InChI=1S/C13H22N4O2/c1-3-14-12-9-19-8-11(12)13(18)15-4-5-17-7-10(2)6-16-17/h6-7,11-12,14H,3-5,8-9H2,1-2H3,(H,15,18). The molecule has 2 atom stereocenters. The Morgan fingerprint density at radius 1 is 1.58 bits per heavy atom. The Hall–Kier alpha value is -1.40. The normalized spacial score (nSPS) is 22.6. The maximum absolute atomic E-state index is 12.1. The van der Waals surface area contributed by atoms with E-state index >= 15 is 0 Å². The van der Waals surface area contributed by atoms with Gasteiger partial charge < -0.3 is 15.4 Å². The number of aryl methyl sites for hydroxylation is 1. The highest BCUT2D eigenvalue weighted by Crippen LogP contribution is 2.13. The van der Waals surface area contributed by atoms with Gasteiger partial charge in [-0.15, -0.1) is 0 Å². The fraction of sp³-hybridized carbons (Fsp3) is 0.692. The molecule has 2 N–H and O–H groups in total. The molecule has 0 radical (unpaired) electrons. The van der Waals surface area contributed by atoms with Crippen molar-refractivity contribution in [2.75, 3.05) is 26.3 Å². The monoisotopic (exact) mass is 266 g/mol. The lowest BCUT2D eigenvalue weighted by Crippen LogP contribution is -2.44. The summed E-state index contributed by atoms with van der Waals surface area (Å²) in [6.07, 6.45) is 3.78. The number of rotatable bonds is 6. The average molecular weight is 266 g/mol. The molecule has 1 aromatic heterocycles. The van der Waals surface area contributed by atoms with Gasteiger partial charge in [0, 0.05) is 18.8 Å². The molecule has 0 saturated carbocycles. The van der Waals surface area contributed by atoms with Crippen LogP contribution in [0.1, 0.15) is 12.5 Å². The van der Waals surface area contributed by atoms with Crippen LogP contribution >= 0.6 is 0 Å². The number of nitrogens with one attached hydrogen (secondary N) is 2. The van der Waals surface area contributed by atoms with Crippen molar-refractivity contribution in [1.29, 1.82) is 0 Å². The molecule has 6 nitrogen and oxygen atoms in total. The van der Waals surface area contributed by atoms with Crippen LogP contribution in [-0.4, -0.2) is 48.0 Å². The van der Waals surface area contributed by atoms with Gasteiger partial charge in [0.05, 0.1) is 31.9 Å². The molecule has 106 valence electrons. The van der Waals surface area contributed by atoms with Gasteiger partial charge >= 0.3 is 0 Å². The zero-order valence-electron chi connectivity index (χ0n) is 11.6. The summed E-state index contributed by atoms with van der Waals surface area (Å²) in [5, 5.41) is 10.4. The van der Waals surface area contributed by atoms with Crippen molar-refractivity contribution in [2.24, 2.45) is 5.92 Å². The second-order valence-corrected chi connectivity index (χ2v) is 4.88. The highest BCUT2D eigenvalue weighted by atomic mass is 16.5. The lowest BCUT2D eigenvalue weighted by atomic mass is 10.0. The van der Waals surface area contributed by atoms with Crippen LogP contribution in [0.15, 0.2) is 12.4 Å². The minimum Gasteiger partial charge on any atom is -0.379 e. The Morgan fingerprint density at radius 3 is 3.11 bits per heavy atom. The van der Waals surface area contributed by atoms with Crippen molar-refractivity contribution in [3.8, 4) is 0 Å². The molecule has 6 heteroatoms. The zero-order valence-corrected chi connectivity index (χ0v) is 11.6. The maximum atomic E-state index is 12.1. The van der Waals surface area contributed by atoms with E-state index in [2.05, 4.69) is 15.7 Å². The number of aromatic nitrogens is 2. The number of carbonyl (C=O) groups excluding carboxylic acids is 1. The molecule has 1 aromatic rings. The van der Waals surface area contributed by atoms with Crippen molar-refractivity contribution in [1.82, 2.24) is 20.4 Å². The number of nitrogens with zero attached hydrogens (tertiary/aromatic N) is 2. The second kappa shape index (κ2) is 6.68. The first kappa shape index (κ1) is 14.0. The second-order valence-electron chi connectivity index (χ2n) is 4.88. The van der Waals surface area contributed by atoms with Gasteiger partial charge in [0.2, 0.25) is 5.91 Å². The van der Waals surface area contributed by atoms with Crippen LogP contribution in [0.25, 0.3) is 0 Å². The molecule has 0 bridgehead atoms. The summed E-state index contributed by atoms with van der Waals surface area (Å²) in [4.78, 5) is 12.1. The molecule has 1 amide bonds. The predicted octanol–water partition coefficient (Wildman–Crippen LogP) is -0.0678. The summed E-state index contributed by atoms with van der Waals surface area (Å²) in [5.41, 5.74) is 1.13. The van der Waals surface area contributed by atoms with E-state index in [4.69, 9.17) is 4.74 Å². The van der Waals surface area contributed by atoms with E-state index in [0.717, 1.165) is 12.1 Å². The number of carbonyl (C=O) groups is 1. The van der Waals surface area contributed by atoms with Crippen molar-refractivity contribution in [3.63, 3.8) is 0 Å². The zero-order chi connectivity index (χ0) is 13.7. The van der Waals surface area contributed by atoms with E-state index in [1.54, 1.807) is 0 Å². The average Bonchev–Trinajstić information content (AvgIpc) is 2.99. The number of amides is 1. The fourth-order valence-electron chi connectivity index (χ4n) is 2.29. The Balaban J connectivity index is 1.74. The third-order valence-electron chi connectivity index (χ3n) is 3.29. The Morgan fingerprint density at radius 2 is 2.42 bits per heavy atom. The molecule has 1 saturated heterocycles. The molecule has 1 aliphatic heterocycles. The minimum atomic E-state index is -0.0840. The predicted molar refractivity (Wildman–Crippen MR) is 71.7 cm³/mol. The summed E-state index contributed by atoms with van der Waals surface area (Å²) in [7, 11) is 0. The van der Waals surface area contributed by atoms with Crippen LogP contribution in [0.5, 0.6) is 0 Å². The van der Waals surface area contributed by atoms with E-state index in [0.29, 0.717) is 26.3 Å². The van der Waals surface area contributed by atoms with Crippen molar-refractivity contribution < 1.29 is 9.53 Å². The van der Waals surface area contributed by atoms with Gasteiger partial charge in [0.25, 0.3) is 0 Å². The van der Waals surface area contributed by atoms with Gasteiger partial charge in [-0.25, -0.2) is 0 Å². The van der Waals surface area contributed by atoms with Gasteiger partial charge in [-0.2, -0.15) is 5.10 Å². The molecule has 0 aliphatic carbocycles. The van der Waals surface area contributed by atoms with Crippen LogP contribution < -0.4 is 10.6 Å². The largest absolute Gasteiger partial charge is 0.379 e. The molecular weight excluding hydrogens is 244 g/mol. The lowest BCUT2D eigenvalue weighted by molar-refractivity contribution is -0.125. The number of ether oxygens (including phenoxy) is 1. The van der Waals surface area contributed by atoms with Gasteiger partial charge in [0.1, 0.15) is 0 Å². The van der Waals surface area contributed by atoms with Crippen LogP contribution in [0.3, 0.4) is 0 Å². The molecular formula is C13H22N4O2. The molecule has 2 rings (SSSR count). The van der Waals surface area contributed by atoms with E-state index in [1.807, 2.05) is 30.9 Å². The van der Waals surface area contributed by atoms with Gasteiger partial charge in [-0.1, -0.05) is 6.92 Å². The maximum Gasteiger partial charge on any atom is 0.227 e. The first-order chi connectivity index (χ1) is 9.20. The third-order valence-corrected chi connectivity index (χ3v) is 3.29. The van der Waals surface area contributed by atoms with E-state index in [-0.39, 0.29) is 17.9 Å². The van der Waals surface area contributed by atoms with Crippen molar-refractivity contribution >= 4 is 5.91 Å². The van der Waals surface area contributed by atoms with Crippen LogP contribution in [0.4, 0.5) is 0 Å². The topological polar surface area (TPSA) is 68.2 Å². The summed E-state index contributed by atoms with van der Waals surface area (Å²) in [6, 6.07) is 0.136. The highest BCUT2D eigenvalue weighted by Gasteiger charge is 2.33. The smallest absolute Gasteiger partial charge is 0.227 e. The van der Waals surface area contributed by atoms with E-state index in [1.165, 1.54) is 0 Å². The Labute approximate surface area is 113 Å². The molecule has 1 aliphatic rings. The lowest BCUT2D eigenvalue weighted by Gasteiger charge is -2.17. The third kappa shape index (κ3) is 3.78. The first-order valence-electron chi connectivity index (χ1n) is 6.78. The SMILES string of the molecule is CCNC1COCC1C(=O)NCCn1cc(C)cn1. The quantitative estimate of drug-likeness (QED) is 0.756. The number of hydrogen-bond acceptors (Lipinski definition) is 4. The Kier molecular flexibility index (Phi) is 4.93. The number of hydrogen-bond donors (Lipinski definition) is 2. The van der Waals surface area contributed by atoms with Crippen LogP contribution in [0, 0.1) is 12.8 Å². The van der Waals surface area contributed by atoms with Crippen molar-refractivity contribution in [2.45, 2.75) is 26.4 Å². The van der Waals surface area contributed by atoms with E-state index in [9.17, 15) is 4.79 Å². The molecule has 0 spiro atoms. The fourth-order valence-corrected chi connectivity index (χ4v) is 2.29. The van der Waals surface area contributed by atoms with Crippen molar-refractivity contribution in [3.05, 3.63) is 18.0 Å². The molecule has 2 unspecified atom stereocenters. The summed E-state index contributed by atoms with van der Waals surface area (Å²) in [6.45, 7) is 7.29. The van der Waals surface area contributed by atoms with E-state index < -0.39 is 0 Å². The first-order valence-corrected chi connectivity index (χ1v) is 6.78. The van der Waals surface area contributed by atoms with Gasteiger partial charge in [-0.05, 0) is 19.0 Å². The molecule has 2 heterocycles. The molecule has 0 aromatic carbocycles. The highest BCUT2D eigenvalue weighted by molar-refractivity contribution is 5.79. The number of likely N-dealkylation sites (N-methyl/N-ethyl adjacent to an activating group) is 1. The molecule has 1 fully saturated rings. The van der Waals surface area contributed by atoms with Gasteiger partial charge in [-0.3, -0.25) is 9.48 Å². The van der Waals surface area contributed by atoms with Crippen LogP contribution in [-0.2, 0) is 16.1 Å². The summed E-state index contributed by atoms with van der Waals surface area (Å²) < 4.78 is 7.21. The van der Waals surface area contributed by atoms with Gasteiger partial charge in [0.15, 0.2) is 0 Å². The summed E-state index contributed by atoms with van der Waals surface area (Å²) in [5.74, 6) is -0.0216. The van der Waals surface area contributed by atoms with Crippen LogP contribution in [0.2, 0.25) is 0 Å².